The number of para-hydroxylation sites is 1. The van der Waals surface area contributed by atoms with Crippen molar-refractivity contribution < 1.29 is 4.74 Å². The molecule has 2 heteroatoms. The largest absolute Gasteiger partial charge is 0.359 e. The quantitative estimate of drug-likeness (QED) is 0.735. The van der Waals surface area contributed by atoms with Crippen LogP contribution in [0.4, 0.5) is 5.69 Å². The minimum atomic E-state index is -0.125. The first-order chi connectivity index (χ1) is 7.26. The molecule has 2 nitrogen and oxygen atoms in total. The van der Waals surface area contributed by atoms with E-state index in [1.807, 2.05) is 0 Å². The summed E-state index contributed by atoms with van der Waals surface area (Å²) in [5.41, 5.74) is 1.14. The fourth-order valence-electron chi connectivity index (χ4n) is 2.32. The summed E-state index contributed by atoms with van der Waals surface area (Å²) in [5, 5.41) is 0. The van der Waals surface area contributed by atoms with Crippen LogP contribution >= 0.6 is 0 Å². The summed E-state index contributed by atoms with van der Waals surface area (Å²) in [4.78, 5) is 2.37. The fourth-order valence-corrected chi connectivity index (χ4v) is 2.32. The van der Waals surface area contributed by atoms with E-state index in [2.05, 4.69) is 42.2 Å². The first kappa shape index (κ1) is 10.5. The van der Waals surface area contributed by atoms with Gasteiger partial charge in [0.1, 0.15) is 5.72 Å². The van der Waals surface area contributed by atoms with E-state index in [-0.39, 0.29) is 5.72 Å². The average Bonchev–Trinajstić information content (AvgIpc) is 2.31. The zero-order chi connectivity index (χ0) is 10.7. The van der Waals surface area contributed by atoms with Crippen LogP contribution in [0.25, 0.3) is 0 Å². The van der Waals surface area contributed by atoms with Gasteiger partial charge in [-0.3, -0.25) is 0 Å². The number of hydrogen-bond acceptors (Lipinski definition) is 2. The van der Waals surface area contributed by atoms with Crippen molar-refractivity contribution in [2.75, 3.05) is 18.6 Å². The van der Waals surface area contributed by atoms with Crippen LogP contribution in [0.5, 0.6) is 0 Å². The maximum Gasteiger partial charge on any atom is 0.137 e. The van der Waals surface area contributed by atoms with E-state index in [9.17, 15) is 0 Å². The highest BCUT2D eigenvalue weighted by molar-refractivity contribution is 5.48. The lowest BCUT2D eigenvalue weighted by molar-refractivity contribution is -0.0156. The Morgan fingerprint density at radius 3 is 2.60 bits per heavy atom. The molecule has 0 bridgehead atoms. The Morgan fingerprint density at radius 2 is 1.93 bits per heavy atom. The molecule has 1 unspecified atom stereocenters. The molecule has 82 valence electrons. The second-order valence-electron chi connectivity index (χ2n) is 4.32. The molecule has 0 radical (unpaired) electrons. The standard InChI is InChI=1S/C13H19NO/c1-13(15-2)10-6-7-11-14(13)12-8-4-3-5-9-12/h3-5,8-9H,6-7,10-11H2,1-2H3. The molecule has 0 amide bonds. The maximum absolute atomic E-state index is 5.67. The molecule has 1 aliphatic heterocycles. The minimum absolute atomic E-state index is 0.125. The Bertz CT molecular complexity index is 312. The third kappa shape index (κ3) is 2.00. The molecule has 0 spiro atoms. The summed E-state index contributed by atoms with van der Waals surface area (Å²) in [5.74, 6) is 0. The Balaban J connectivity index is 2.26. The Labute approximate surface area is 91.9 Å². The van der Waals surface area contributed by atoms with Gasteiger partial charge in [0.05, 0.1) is 0 Å². The van der Waals surface area contributed by atoms with Crippen LogP contribution in [-0.4, -0.2) is 19.4 Å². The predicted octanol–water partition coefficient (Wildman–Crippen LogP) is 3.04. The van der Waals surface area contributed by atoms with Crippen molar-refractivity contribution in [2.45, 2.75) is 31.9 Å². The molecule has 0 aromatic heterocycles. The van der Waals surface area contributed by atoms with Crippen molar-refractivity contribution in [3.8, 4) is 0 Å². The fraction of sp³-hybridized carbons (Fsp3) is 0.538. The molecule has 1 atom stereocenters. The van der Waals surface area contributed by atoms with Crippen molar-refractivity contribution in [1.29, 1.82) is 0 Å². The van der Waals surface area contributed by atoms with Gasteiger partial charge in [-0.25, -0.2) is 0 Å². The first-order valence-corrected chi connectivity index (χ1v) is 5.64. The second kappa shape index (κ2) is 4.23. The van der Waals surface area contributed by atoms with Crippen molar-refractivity contribution in [3.05, 3.63) is 30.3 Å². The van der Waals surface area contributed by atoms with Crippen LogP contribution in [0.3, 0.4) is 0 Å². The molecule has 2 rings (SSSR count). The smallest absolute Gasteiger partial charge is 0.137 e. The maximum atomic E-state index is 5.67. The highest BCUT2D eigenvalue weighted by Crippen LogP contribution is 2.32. The number of nitrogens with zero attached hydrogens (tertiary/aromatic N) is 1. The lowest BCUT2D eigenvalue weighted by Gasteiger charge is -2.45. The molecular formula is C13H19NO. The number of piperidine rings is 1. The number of rotatable bonds is 2. The summed E-state index contributed by atoms with van der Waals surface area (Å²) in [6.45, 7) is 3.27. The topological polar surface area (TPSA) is 12.5 Å². The molecule has 15 heavy (non-hydrogen) atoms. The third-order valence-electron chi connectivity index (χ3n) is 3.35. The first-order valence-electron chi connectivity index (χ1n) is 5.64. The normalized spacial score (nSPS) is 26.7. The van der Waals surface area contributed by atoms with E-state index in [0.717, 1.165) is 13.0 Å². The van der Waals surface area contributed by atoms with E-state index < -0.39 is 0 Å². The minimum Gasteiger partial charge on any atom is -0.359 e. The molecule has 1 heterocycles. The predicted molar refractivity (Wildman–Crippen MR) is 63.1 cm³/mol. The third-order valence-corrected chi connectivity index (χ3v) is 3.35. The molecule has 0 aliphatic carbocycles. The van der Waals surface area contributed by atoms with Crippen LogP contribution in [0.2, 0.25) is 0 Å². The molecule has 1 fully saturated rings. The van der Waals surface area contributed by atoms with Crippen LogP contribution in [-0.2, 0) is 4.74 Å². The van der Waals surface area contributed by atoms with E-state index in [0.29, 0.717) is 0 Å². The number of benzene rings is 1. The van der Waals surface area contributed by atoms with Crippen LogP contribution in [0.1, 0.15) is 26.2 Å². The molecule has 1 aromatic carbocycles. The number of ether oxygens (including phenoxy) is 1. The van der Waals surface area contributed by atoms with Gasteiger partial charge in [-0.2, -0.15) is 0 Å². The van der Waals surface area contributed by atoms with E-state index >= 15 is 0 Å². The van der Waals surface area contributed by atoms with Crippen molar-refractivity contribution in [2.24, 2.45) is 0 Å². The average molecular weight is 205 g/mol. The van der Waals surface area contributed by atoms with Crippen LogP contribution in [0, 0.1) is 0 Å². The van der Waals surface area contributed by atoms with Crippen molar-refractivity contribution >= 4 is 5.69 Å². The summed E-state index contributed by atoms with van der Waals surface area (Å²) in [6.07, 6.45) is 3.62. The monoisotopic (exact) mass is 205 g/mol. The van der Waals surface area contributed by atoms with Gasteiger partial charge in [-0.15, -0.1) is 0 Å². The van der Waals surface area contributed by atoms with Crippen molar-refractivity contribution in [3.63, 3.8) is 0 Å². The van der Waals surface area contributed by atoms with E-state index in [4.69, 9.17) is 4.74 Å². The van der Waals surface area contributed by atoms with Crippen LogP contribution < -0.4 is 4.90 Å². The van der Waals surface area contributed by atoms with Gasteiger partial charge < -0.3 is 9.64 Å². The van der Waals surface area contributed by atoms with Gasteiger partial charge in [-0.1, -0.05) is 18.2 Å². The Morgan fingerprint density at radius 1 is 1.20 bits per heavy atom. The summed E-state index contributed by atoms with van der Waals surface area (Å²) in [7, 11) is 1.81. The lowest BCUT2D eigenvalue weighted by atomic mass is 9.99. The summed E-state index contributed by atoms with van der Waals surface area (Å²) in [6, 6.07) is 10.5. The molecule has 1 aromatic rings. The van der Waals surface area contributed by atoms with Crippen LogP contribution in [0.15, 0.2) is 30.3 Å². The van der Waals surface area contributed by atoms with Crippen molar-refractivity contribution in [1.82, 2.24) is 0 Å². The Hall–Kier alpha value is -1.02. The van der Waals surface area contributed by atoms with Gasteiger partial charge in [0.15, 0.2) is 0 Å². The summed E-state index contributed by atoms with van der Waals surface area (Å²) >= 11 is 0. The number of hydrogen-bond donors (Lipinski definition) is 0. The number of methoxy groups -OCH3 is 1. The highest BCUT2D eigenvalue weighted by atomic mass is 16.5. The molecular weight excluding hydrogens is 186 g/mol. The second-order valence-corrected chi connectivity index (χ2v) is 4.32. The Kier molecular flexibility index (Phi) is 2.96. The van der Waals surface area contributed by atoms with Gasteiger partial charge in [0.25, 0.3) is 0 Å². The zero-order valence-corrected chi connectivity index (χ0v) is 9.57. The molecule has 0 saturated carbocycles. The zero-order valence-electron chi connectivity index (χ0n) is 9.57. The van der Waals surface area contributed by atoms with E-state index in [1.54, 1.807) is 7.11 Å². The lowest BCUT2D eigenvalue weighted by Crippen LogP contribution is -2.51. The molecule has 1 aliphatic rings. The number of anilines is 1. The highest BCUT2D eigenvalue weighted by Gasteiger charge is 2.34. The van der Waals surface area contributed by atoms with Gasteiger partial charge in [0.2, 0.25) is 0 Å². The van der Waals surface area contributed by atoms with Gasteiger partial charge >= 0.3 is 0 Å². The molecule has 0 N–H and O–H groups in total. The molecule has 1 saturated heterocycles. The van der Waals surface area contributed by atoms with Gasteiger partial charge in [0, 0.05) is 19.3 Å². The SMILES string of the molecule is COC1(C)CCCCN1c1ccccc1. The van der Waals surface area contributed by atoms with Gasteiger partial charge in [-0.05, 0) is 38.3 Å². The van der Waals surface area contributed by atoms with E-state index in [1.165, 1.54) is 18.5 Å². The summed E-state index contributed by atoms with van der Waals surface area (Å²) < 4.78 is 5.67.